The smallest absolute Gasteiger partial charge is 0.219 e. The number of nitrogens with zero attached hydrogens (tertiary/aromatic N) is 1. The fraction of sp³-hybridized carbons (Fsp3) is 0.462. The van der Waals surface area contributed by atoms with Gasteiger partial charge in [0, 0.05) is 26.4 Å². The molecule has 1 heterocycles. The monoisotopic (exact) mass is 219 g/mol. The van der Waals surface area contributed by atoms with E-state index in [1.807, 2.05) is 23.1 Å². The molecule has 0 aliphatic carbocycles. The molecule has 0 aromatic heterocycles. The first kappa shape index (κ1) is 11.1. The molecule has 86 valence electrons. The van der Waals surface area contributed by atoms with Crippen LogP contribution in [0.25, 0.3) is 0 Å². The Bertz CT molecular complexity index is 350. The van der Waals surface area contributed by atoms with Crippen molar-refractivity contribution in [3.05, 3.63) is 35.9 Å². The fourth-order valence-electron chi connectivity index (χ4n) is 2.01. The minimum atomic E-state index is 0.139. The van der Waals surface area contributed by atoms with Crippen molar-refractivity contribution in [2.24, 2.45) is 0 Å². The summed E-state index contributed by atoms with van der Waals surface area (Å²) in [5.41, 5.74) is 1.26. The van der Waals surface area contributed by atoms with Gasteiger partial charge >= 0.3 is 0 Å². The van der Waals surface area contributed by atoms with Crippen molar-refractivity contribution in [1.29, 1.82) is 0 Å². The number of hydrogen-bond donors (Lipinski definition) is 0. The van der Waals surface area contributed by atoms with Crippen LogP contribution in [0.2, 0.25) is 0 Å². The third-order valence-corrected chi connectivity index (χ3v) is 2.89. The average molecular weight is 219 g/mol. The number of morpholine rings is 1. The second kappa shape index (κ2) is 5.12. The number of rotatable bonds is 2. The Labute approximate surface area is 96.0 Å². The van der Waals surface area contributed by atoms with Gasteiger partial charge in [0.05, 0.1) is 12.7 Å². The molecule has 0 radical (unpaired) electrons. The lowest BCUT2D eigenvalue weighted by Crippen LogP contribution is -2.45. The third kappa shape index (κ3) is 2.83. The van der Waals surface area contributed by atoms with Crippen molar-refractivity contribution in [1.82, 2.24) is 4.90 Å². The van der Waals surface area contributed by atoms with Crippen LogP contribution in [0.4, 0.5) is 0 Å². The minimum Gasteiger partial charge on any atom is -0.374 e. The predicted molar refractivity (Wildman–Crippen MR) is 62.1 cm³/mol. The van der Waals surface area contributed by atoms with Gasteiger partial charge in [-0.25, -0.2) is 0 Å². The highest BCUT2D eigenvalue weighted by atomic mass is 16.5. The van der Waals surface area contributed by atoms with Gasteiger partial charge in [-0.3, -0.25) is 4.79 Å². The molecule has 16 heavy (non-hydrogen) atoms. The molecule has 1 aromatic rings. The normalized spacial score (nSPS) is 20.8. The number of carbonyl (C=O) groups is 1. The summed E-state index contributed by atoms with van der Waals surface area (Å²) < 4.78 is 5.67. The summed E-state index contributed by atoms with van der Waals surface area (Å²) in [4.78, 5) is 13.1. The molecule has 0 bridgehead atoms. The molecule has 0 spiro atoms. The van der Waals surface area contributed by atoms with E-state index in [9.17, 15) is 4.79 Å². The van der Waals surface area contributed by atoms with E-state index in [1.165, 1.54) is 5.56 Å². The lowest BCUT2D eigenvalue weighted by Gasteiger charge is -2.32. The highest BCUT2D eigenvalue weighted by Crippen LogP contribution is 2.11. The first-order valence-corrected chi connectivity index (χ1v) is 5.67. The molecule has 1 saturated heterocycles. The molecule has 2 rings (SSSR count). The number of ether oxygens (including phenoxy) is 1. The highest BCUT2D eigenvalue weighted by Gasteiger charge is 2.21. The molecule has 1 aromatic carbocycles. The molecule has 1 fully saturated rings. The Morgan fingerprint density at radius 2 is 2.19 bits per heavy atom. The van der Waals surface area contributed by atoms with Crippen molar-refractivity contribution in [3.63, 3.8) is 0 Å². The van der Waals surface area contributed by atoms with E-state index in [0.29, 0.717) is 13.2 Å². The lowest BCUT2D eigenvalue weighted by molar-refractivity contribution is -0.136. The van der Waals surface area contributed by atoms with Crippen LogP contribution in [-0.2, 0) is 16.0 Å². The van der Waals surface area contributed by atoms with Crippen LogP contribution < -0.4 is 0 Å². The number of amides is 1. The van der Waals surface area contributed by atoms with E-state index in [0.717, 1.165) is 13.0 Å². The second-order valence-corrected chi connectivity index (χ2v) is 4.15. The molecule has 3 heteroatoms. The van der Waals surface area contributed by atoms with E-state index >= 15 is 0 Å². The highest BCUT2D eigenvalue weighted by molar-refractivity contribution is 5.73. The SMILES string of the molecule is CC(=O)N1CCO[C@H](Cc2ccccc2)C1. The van der Waals surface area contributed by atoms with Crippen LogP contribution in [0.5, 0.6) is 0 Å². The van der Waals surface area contributed by atoms with Crippen LogP contribution in [-0.4, -0.2) is 36.6 Å². The van der Waals surface area contributed by atoms with E-state index in [2.05, 4.69) is 12.1 Å². The molecule has 1 aliphatic heterocycles. The summed E-state index contributed by atoms with van der Waals surface area (Å²) in [6, 6.07) is 10.3. The van der Waals surface area contributed by atoms with Crippen LogP contribution in [0, 0.1) is 0 Å². The Hall–Kier alpha value is -1.35. The maximum absolute atomic E-state index is 11.3. The van der Waals surface area contributed by atoms with Gasteiger partial charge in [0.15, 0.2) is 0 Å². The topological polar surface area (TPSA) is 29.5 Å². The summed E-state index contributed by atoms with van der Waals surface area (Å²) in [5, 5.41) is 0. The molecule has 1 amide bonds. The molecular weight excluding hydrogens is 202 g/mol. The van der Waals surface area contributed by atoms with Crippen LogP contribution in [0.15, 0.2) is 30.3 Å². The van der Waals surface area contributed by atoms with Crippen molar-refractivity contribution >= 4 is 5.91 Å². The first-order valence-electron chi connectivity index (χ1n) is 5.67. The zero-order valence-electron chi connectivity index (χ0n) is 9.56. The second-order valence-electron chi connectivity index (χ2n) is 4.15. The molecule has 1 atom stereocenters. The third-order valence-electron chi connectivity index (χ3n) is 2.89. The first-order chi connectivity index (χ1) is 7.75. The van der Waals surface area contributed by atoms with Crippen LogP contribution >= 0.6 is 0 Å². The largest absolute Gasteiger partial charge is 0.374 e. The fourth-order valence-corrected chi connectivity index (χ4v) is 2.01. The maximum Gasteiger partial charge on any atom is 0.219 e. The zero-order chi connectivity index (χ0) is 11.4. The van der Waals surface area contributed by atoms with E-state index in [1.54, 1.807) is 6.92 Å². The quantitative estimate of drug-likeness (QED) is 0.754. The molecule has 0 N–H and O–H groups in total. The van der Waals surface area contributed by atoms with Gasteiger partial charge in [-0.1, -0.05) is 30.3 Å². The summed E-state index contributed by atoms with van der Waals surface area (Å²) in [5.74, 6) is 0.140. The van der Waals surface area contributed by atoms with Crippen LogP contribution in [0.3, 0.4) is 0 Å². The molecule has 0 unspecified atom stereocenters. The van der Waals surface area contributed by atoms with Crippen molar-refractivity contribution in [3.8, 4) is 0 Å². The van der Waals surface area contributed by atoms with Gasteiger partial charge in [-0.05, 0) is 5.56 Å². The van der Waals surface area contributed by atoms with Gasteiger partial charge in [0.25, 0.3) is 0 Å². The average Bonchev–Trinajstić information content (AvgIpc) is 2.30. The number of hydrogen-bond acceptors (Lipinski definition) is 2. The van der Waals surface area contributed by atoms with Crippen molar-refractivity contribution in [2.45, 2.75) is 19.4 Å². The van der Waals surface area contributed by atoms with Gasteiger partial charge in [0.2, 0.25) is 5.91 Å². The number of carbonyl (C=O) groups excluding carboxylic acids is 1. The molecule has 0 saturated carbocycles. The Morgan fingerprint density at radius 3 is 2.88 bits per heavy atom. The van der Waals surface area contributed by atoms with Gasteiger partial charge in [0.1, 0.15) is 0 Å². The summed E-state index contributed by atoms with van der Waals surface area (Å²) in [6.07, 6.45) is 1.02. The van der Waals surface area contributed by atoms with Crippen LogP contribution in [0.1, 0.15) is 12.5 Å². The molecule has 1 aliphatic rings. The maximum atomic E-state index is 11.3. The Balaban J connectivity index is 1.93. The summed E-state index contributed by atoms with van der Waals surface area (Å²) >= 11 is 0. The lowest BCUT2D eigenvalue weighted by atomic mass is 10.1. The van der Waals surface area contributed by atoms with Gasteiger partial charge in [-0.15, -0.1) is 0 Å². The number of benzene rings is 1. The van der Waals surface area contributed by atoms with Crippen molar-refractivity contribution < 1.29 is 9.53 Å². The predicted octanol–water partition coefficient (Wildman–Crippen LogP) is 1.48. The van der Waals surface area contributed by atoms with E-state index in [-0.39, 0.29) is 12.0 Å². The molecular formula is C13H17NO2. The van der Waals surface area contributed by atoms with Crippen molar-refractivity contribution in [2.75, 3.05) is 19.7 Å². The van der Waals surface area contributed by atoms with E-state index < -0.39 is 0 Å². The van der Waals surface area contributed by atoms with Gasteiger partial charge < -0.3 is 9.64 Å². The Morgan fingerprint density at radius 1 is 1.44 bits per heavy atom. The van der Waals surface area contributed by atoms with Gasteiger partial charge in [-0.2, -0.15) is 0 Å². The standard InChI is InChI=1S/C13H17NO2/c1-11(15)14-7-8-16-13(10-14)9-12-5-3-2-4-6-12/h2-6,13H,7-10H2,1H3/t13-/m1/s1. The summed E-state index contributed by atoms with van der Waals surface area (Å²) in [7, 11) is 0. The zero-order valence-corrected chi connectivity index (χ0v) is 9.56. The minimum absolute atomic E-state index is 0.139. The molecule has 3 nitrogen and oxygen atoms in total. The van der Waals surface area contributed by atoms with E-state index in [4.69, 9.17) is 4.74 Å². The Kier molecular flexibility index (Phi) is 3.57. The summed E-state index contributed by atoms with van der Waals surface area (Å²) in [6.45, 7) is 3.70.